The van der Waals surface area contributed by atoms with Gasteiger partial charge in [0.05, 0.1) is 17.6 Å². The normalized spacial score (nSPS) is 14.9. The Morgan fingerprint density at radius 2 is 1.82 bits per heavy atom. The summed E-state index contributed by atoms with van der Waals surface area (Å²) in [6.07, 6.45) is 1.72. The lowest BCUT2D eigenvalue weighted by molar-refractivity contribution is 0.103. The Balaban J connectivity index is 1.44. The van der Waals surface area contributed by atoms with Crippen molar-refractivity contribution in [1.29, 1.82) is 0 Å². The Hall–Kier alpha value is -2.77. The molecule has 1 amide bonds. The summed E-state index contributed by atoms with van der Waals surface area (Å²) in [4.78, 5) is 27.0. The second-order valence-corrected chi connectivity index (χ2v) is 7.95. The van der Waals surface area contributed by atoms with Crippen LogP contribution in [0.5, 0.6) is 0 Å². The molecule has 0 radical (unpaired) electrons. The Bertz CT molecular complexity index is 947. The topological polar surface area (TPSA) is 61.4 Å². The summed E-state index contributed by atoms with van der Waals surface area (Å²) in [6.45, 7) is 5.88. The minimum atomic E-state index is -0.147. The second-order valence-electron chi connectivity index (χ2n) is 6.95. The van der Waals surface area contributed by atoms with Gasteiger partial charge in [-0.05, 0) is 26.1 Å². The molecule has 144 valence electrons. The lowest BCUT2D eigenvalue weighted by Crippen LogP contribution is -2.44. The van der Waals surface area contributed by atoms with Crippen LogP contribution in [0.2, 0.25) is 0 Å². The van der Waals surface area contributed by atoms with Crippen LogP contribution in [0.15, 0.2) is 48.7 Å². The second kappa shape index (κ2) is 8.08. The summed E-state index contributed by atoms with van der Waals surface area (Å²) >= 11 is 1.41. The number of rotatable bonds is 4. The molecule has 0 bridgehead atoms. The third-order valence-electron chi connectivity index (χ3n) is 4.86. The minimum absolute atomic E-state index is 0.147. The zero-order valence-electron chi connectivity index (χ0n) is 16.1. The number of nitrogens with zero attached hydrogens (tertiary/aromatic N) is 4. The molecule has 0 atom stereocenters. The number of anilines is 2. The minimum Gasteiger partial charge on any atom is -0.354 e. The molecule has 3 aromatic rings. The van der Waals surface area contributed by atoms with E-state index in [1.807, 2.05) is 49.4 Å². The number of hydrogen-bond acceptors (Lipinski definition) is 6. The third kappa shape index (κ3) is 4.05. The van der Waals surface area contributed by atoms with Gasteiger partial charge in [-0.25, -0.2) is 9.97 Å². The van der Waals surface area contributed by atoms with Crippen molar-refractivity contribution >= 4 is 28.7 Å². The van der Waals surface area contributed by atoms with Gasteiger partial charge in [0.1, 0.15) is 15.7 Å². The zero-order valence-corrected chi connectivity index (χ0v) is 16.9. The Kier molecular flexibility index (Phi) is 5.36. The molecule has 3 heterocycles. The summed E-state index contributed by atoms with van der Waals surface area (Å²) in [6, 6.07) is 13.8. The molecule has 1 aromatic carbocycles. The molecule has 0 saturated carbocycles. The number of aromatic nitrogens is 2. The number of carbonyl (C=O) groups excluding carboxylic acids is 1. The molecule has 1 fully saturated rings. The van der Waals surface area contributed by atoms with Gasteiger partial charge < -0.3 is 15.1 Å². The van der Waals surface area contributed by atoms with Crippen molar-refractivity contribution in [2.75, 3.05) is 43.4 Å². The molecule has 0 spiro atoms. The summed E-state index contributed by atoms with van der Waals surface area (Å²) in [5.41, 5.74) is 2.45. The summed E-state index contributed by atoms with van der Waals surface area (Å²) < 4.78 is 0. The fraction of sp³-hybridized carbons (Fsp3) is 0.286. The van der Waals surface area contributed by atoms with Gasteiger partial charge in [0.25, 0.3) is 5.91 Å². The first-order valence-corrected chi connectivity index (χ1v) is 10.2. The quantitative estimate of drug-likeness (QED) is 0.735. The van der Waals surface area contributed by atoms with Crippen molar-refractivity contribution in [2.45, 2.75) is 6.92 Å². The molecule has 1 aliphatic heterocycles. The number of carbonyl (C=O) groups is 1. The maximum absolute atomic E-state index is 12.7. The van der Waals surface area contributed by atoms with Crippen LogP contribution < -0.4 is 10.2 Å². The van der Waals surface area contributed by atoms with E-state index in [1.165, 1.54) is 11.3 Å². The number of pyridine rings is 1. The number of piperazine rings is 1. The van der Waals surface area contributed by atoms with Crippen molar-refractivity contribution in [3.05, 3.63) is 59.2 Å². The van der Waals surface area contributed by atoms with Gasteiger partial charge in [-0.15, -0.1) is 11.3 Å². The number of hydrogen-bond donors (Lipinski definition) is 1. The van der Waals surface area contributed by atoms with Crippen molar-refractivity contribution in [3.63, 3.8) is 0 Å². The van der Waals surface area contributed by atoms with Crippen molar-refractivity contribution in [2.24, 2.45) is 0 Å². The van der Waals surface area contributed by atoms with Crippen LogP contribution in [0.25, 0.3) is 10.6 Å². The molecule has 1 saturated heterocycles. The summed E-state index contributed by atoms with van der Waals surface area (Å²) in [5, 5.41) is 3.80. The fourth-order valence-electron chi connectivity index (χ4n) is 3.18. The SMILES string of the molecule is Cc1nc(-c2ccccc2)sc1C(=O)Nc1ccc(N2CCN(C)CC2)nc1. The van der Waals surface area contributed by atoms with Crippen LogP contribution >= 0.6 is 11.3 Å². The van der Waals surface area contributed by atoms with Crippen molar-refractivity contribution in [1.82, 2.24) is 14.9 Å². The molecule has 0 aliphatic carbocycles. The molecule has 0 unspecified atom stereocenters. The predicted molar refractivity (Wildman–Crippen MR) is 114 cm³/mol. The van der Waals surface area contributed by atoms with Gasteiger partial charge in [-0.1, -0.05) is 30.3 Å². The largest absolute Gasteiger partial charge is 0.354 e. The van der Waals surface area contributed by atoms with Crippen LogP contribution in [0.4, 0.5) is 11.5 Å². The fourth-order valence-corrected chi connectivity index (χ4v) is 4.15. The lowest BCUT2D eigenvalue weighted by Gasteiger charge is -2.33. The van der Waals surface area contributed by atoms with Crippen LogP contribution in [0.1, 0.15) is 15.4 Å². The first kappa shape index (κ1) is 18.6. The maximum Gasteiger partial charge on any atom is 0.267 e. The Morgan fingerprint density at radius 3 is 2.50 bits per heavy atom. The van der Waals surface area contributed by atoms with Crippen LogP contribution in [0.3, 0.4) is 0 Å². The van der Waals surface area contributed by atoms with Gasteiger partial charge in [-0.3, -0.25) is 4.79 Å². The molecular formula is C21H23N5OS. The number of likely N-dealkylation sites (N-methyl/N-ethyl adjacent to an activating group) is 1. The van der Waals surface area contributed by atoms with Gasteiger partial charge in [-0.2, -0.15) is 0 Å². The van der Waals surface area contributed by atoms with E-state index in [2.05, 4.69) is 32.1 Å². The van der Waals surface area contributed by atoms with E-state index < -0.39 is 0 Å². The summed E-state index contributed by atoms with van der Waals surface area (Å²) in [5.74, 6) is 0.803. The lowest BCUT2D eigenvalue weighted by atomic mass is 10.2. The highest BCUT2D eigenvalue weighted by molar-refractivity contribution is 7.17. The average molecular weight is 394 g/mol. The Morgan fingerprint density at radius 1 is 1.07 bits per heavy atom. The highest BCUT2D eigenvalue weighted by Crippen LogP contribution is 2.28. The Labute approximate surface area is 168 Å². The molecule has 4 rings (SSSR count). The maximum atomic E-state index is 12.7. The molecule has 28 heavy (non-hydrogen) atoms. The van der Waals surface area contributed by atoms with Gasteiger partial charge >= 0.3 is 0 Å². The molecule has 6 nitrogen and oxygen atoms in total. The van der Waals surface area contributed by atoms with Crippen LogP contribution in [0, 0.1) is 6.92 Å². The number of aryl methyl sites for hydroxylation is 1. The standard InChI is InChI=1S/C21H23N5OS/c1-15-19(28-21(23-15)16-6-4-3-5-7-16)20(27)24-17-8-9-18(22-14-17)26-12-10-25(2)11-13-26/h3-9,14H,10-13H2,1-2H3,(H,24,27). The van der Waals surface area contributed by atoms with E-state index in [1.54, 1.807) is 6.20 Å². The highest BCUT2D eigenvalue weighted by atomic mass is 32.1. The average Bonchev–Trinajstić information content (AvgIpc) is 3.12. The number of thiazole rings is 1. The molecular weight excluding hydrogens is 370 g/mol. The third-order valence-corrected chi connectivity index (χ3v) is 6.06. The van der Waals surface area contributed by atoms with E-state index in [4.69, 9.17) is 0 Å². The van der Waals surface area contributed by atoms with E-state index in [-0.39, 0.29) is 5.91 Å². The molecule has 1 aliphatic rings. The first-order valence-electron chi connectivity index (χ1n) is 9.34. The first-order chi connectivity index (χ1) is 13.6. The van der Waals surface area contributed by atoms with E-state index in [0.717, 1.165) is 48.3 Å². The molecule has 7 heteroatoms. The summed E-state index contributed by atoms with van der Waals surface area (Å²) in [7, 11) is 2.13. The van der Waals surface area contributed by atoms with Crippen LogP contribution in [-0.2, 0) is 0 Å². The van der Waals surface area contributed by atoms with E-state index >= 15 is 0 Å². The molecule has 1 N–H and O–H groups in total. The highest BCUT2D eigenvalue weighted by Gasteiger charge is 2.18. The van der Waals surface area contributed by atoms with E-state index in [9.17, 15) is 4.79 Å². The zero-order chi connectivity index (χ0) is 19.5. The van der Waals surface area contributed by atoms with Crippen molar-refractivity contribution < 1.29 is 4.79 Å². The number of benzene rings is 1. The smallest absolute Gasteiger partial charge is 0.267 e. The predicted octanol–water partition coefficient (Wildman–Crippen LogP) is 3.52. The van der Waals surface area contributed by atoms with E-state index in [0.29, 0.717) is 10.6 Å². The van der Waals surface area contributed by atoms with Gasteiger partial charge in [0.2, 0.25) is 0 Å². The number of nitrogens with one attached hydrogen (secondary N) is 1. The van der Waals surface area contributed by atoms with Crippen molar-refractivity contribution in [3.8, 4) is 10.6 Å². The number of amides is 1. The molecule has 2 aromatic heterocycles. The monoisotopic (exact) mass is 393 g/mol. The van der Waals surface area contributed by atoms with Gasteiger partial charge in [0, 0.05) is 31.7 Å². The van der Waals surface area contributed by atoms with Gasteiger partial charge in [0.15, 0.2) is 0 Å². The van der Waals surface area contributed by atoms with Crippen LogP contribution in [-0.4, -0.2) is 54.0 Å².